The van der Waals surface area contributed by atoms with Crippen molar-refractivity contribution in [2.24, 2.45) is 0 Å². The highest BCUT2D eigenvalue weighted by Crippen LogP contribution is 2.32. The molecule has 0 atom stereocenters. The Labute approximate surface area is 222 Å². The molecule has 12 heteroatoms. The van der Waals surface area contributed by atoms with Gasteiger partial charge in [0.1, 0.15) is 0 Å². The minimum Gasteiger partial charge on any atom is -0.478 e. The lowest BCUT2D eigenvalue weighted by molar-refractivity contribution is -0.137. The number of alkyl halides is 3. The molecule has 2 aromatic heterocycles. The smallest absolute Gasteiger partial charge is 0.417 e. The van der Waals surface area contributed by atoms with Crippen LogP contribution in [0.3, 0.4) is 0 Å². The number of rotatable bonds is 8. The second kappa shape index (κ2) is 12.2. The molecule has 1 aromatic carbocycles. The Morgan fingerprint density at radius 2 is 1.89 bits per heavy atom. The lowest BCUT2D eigenvalue weighted by Gasteiger charge is -2.37. The maximum absolute atomic E-state index is 13.5. The molecule has 4 radical (unpaired) electrons. The number of ether oxygens (including phenoxy) is 2. The maximum Gasteiger partial charge on any atom is 0.417 e. The van der Waals surface area contributed by atoms with E-state index in [4.69, 9.17) is 25.2 Å². The van der Waals surface area contributed by atoms with Crippen molar-refractivity contribution in [2.45, 2.75) is 37.5 Å². The zero-order chi connectivity index (χ0) is 27.9. The lowest BCUT2D eigenvalue weighted by atomic mass is 9.58. The van der Waals surface area contributed by atoms with Crippen molar-refractivity contribution in [3.05, 3.63) is 65.6 Å². The van der Waals surface area contributed by atoms with Gasteiger partial charge < -0.3 is 14.4 Å². The monoisotopic (exact) mass is 520 g/mol. The minimum atomic E-state index is -4.47. The molecule has 1 aliphatic rings. The molecule has 194 valence electrons. The van der Waals surface area contributed by atoms with Crippen molar-refractivity contribution in [1.82, 2.24) is 19.7 Å². The fraction of sp³-hybridized carbons (Fsp3) is 0.346. The van der Waals surface area contributed by atoms with Gasteiger partial charge in [0.05, 0.1) is 53.3 Å². The first kappa shape index (κ1) is 28.9. The third-order valence-electron chi connectivity index (χ3n) is 5.97. The Hall–Kier alpha value is -3.71. The normalized spacial score (nSPS) is 13.1. The number of amides is 1. The molecule has 0 bridgehead atoms. The van der Waals surface area contributed by atoms with Crippen LogP contribution in [0.1, 0.15) is 34.6 Å². The first-order chi connectivity index (χ1) is 18.1. The molecule has 1 aliphatic heterocycles. The summed E-state index contributed by atoms with van der Waals surface area (Å²) in [6.45, 7) is 1.46. The van der Waals surface area contributed by atoms with Crippen LogP contribution in [0.15, 0.2) is 48.7 Å². The topological polar surface area (TPSA) is 69.5 Å². The van der Waals surface area contributed by atoms with Crippen LogP contribution in [0.5, 0.6) is 5.88 Å². The summed E-state index contributed by atoms with van der Waals surface area (Å²) in [5.41, 5.74) is 1.69. The highest BCUT2D eigenvalue weighted by Gasteiger charge is 2.33. The summed E-state index contributed by atoms with van der Waals surface area (Å²) in [7, 11) is 14.1. The molecule has 0 fully saturated rings. The van der Waals surface area contributed by atoms with E-state index in [-0.39, 0.29) is 24.6 Å². The molecule has 3 heterocycles. The van der Waals surface area contributed by atoms with Gasteiger partial charge in [-0.1, -0.05) is 30.3 Å². The number of aromatic nitrogens is 3. The third-order valence-corrected chi connectivity index (χ3v) is 5.97. The van der Waals surface area contributed by atoms with E-state index >= 15 is 0 Å². The molecule has 38 heavy (non-hydrogen) atoms. The number of carbonyl (C=O) groups excluding carboxylic acids is 1. The number of fused-ring (bicyclic) bond motifs is 1. The number of hydrogen-bond acceptors (Lipinski definition) is 5. The summed E-state index contributed by atoms with van der Waals surface area (Å²) in [6.07, 6.45) is 4.72. The van der Waals surface area contributed by atoms with Crippen LogP contribution in [0.2, 0.25) is 0 Å². The van der Waals surface area contributed by atoms with Gasteiger partial charge in [0.2, 0.25) is 5.88 Å². The Morgan fingerprint density at radius 3 is 2.53 bits per heavy atom. The van der Waals surface area contributed by atoms with Gasteiger partial charge in [-0.3, -0.25) is 9.48 Å². The summed E-state index contributed by atoms with van der Waals surface area (Å²) in [6, 6.07) is 11.5. The Balaban J connectivity index is 0.00000195. The van der Waals surface area contributed by atoms with Gasteiger partial charge >= 0.3 is 6.18 Å². The molecule has 0 aliphatic carbocycles. The van der Waals surface area contributed by atoms with Gasteiger partial charge in [0.15, 0.2) is 5.69 Å². The Morgan fingerprint density at radius 1 is 1.18 bits per heavy atom. The van der Waals surface area contributed by atoms with E-state index in [1.165, 1.54) is 11.9 Å². The molecule has 4 rings (SSSR count). The summed E-state index contributed by atoms with van der Waals surface area (Å²) in [4.78, 5) is 18.4. The number of terminal acetylenes is 1. The van der Waals surface area contributed by atoms with E-state index in [0.29, 0.717) is 37.9 Å². The zero-order valence-electron chi connectivity index (χ0n) is 20.8. The van der Waals surface area contributed by atoms with Crippen LogP contribution in [-0.4, -0.2) is 66.9 Å². The van der Waals surface area contributed by atoms with Gasteiger partial charge in [0, 0.05) is 24.9 Å². The van der Waals surface area contributed by atoms with Crippen molar-refractivity contribution < 1.29 is 27.4 Å². The standard InChI is InChI=1S/C24H23B2F3N4O3.C2H2/c1-32(23(25,26)10-5-12-36-19-9-8-17(14-30-19)24(27,28)29)22(34)21-20(16-6-3-2-4-7-16)18-15-35-13-11-33(18)31-21;1-2/h2-4,6-9,14H,5,10-13,15H2,1H3;1-2H. The molecule has 0 unspecified atom stereocenters. The van der Waals surface area contributed by atoms with E-state index in [9.17, 15) is 18.0 Å². The van der Waals surface area contributed by atoms with Crippen molar-refractivity contribution in [1.29, 1.82) is 0 Å². The van der Waals surface area contributed by atoms with Gasteiger partial charge in [-0.25, -0.2) is 4.98 Å². The molecule has 0 spiro atoms. The Bertz CT molecular complexity index is 1250. The van der Waals surface area contributed by atoms with Crippen molar-refractivity contribution in [2.75, 3.05) is 20.3 Å². The lowest BCUT2D eigenvalue weighted by Crippen LogP contribution is -2.51. The summed E-state index contributed by atoms with van der Waals surface area (Å²) < 4.78 is 50.7. The summed E-state index contributed by atoms with van der Waals surface area (Å²) in [5.74, 6) is -0.392. The van der Waals surface area contributed by atoms with Crippen LogP contribution in [0.25, 0.3) is 11.1 Å². The van der Waals surface area contributed by atoms with E-state index in [1.807, 2.05) is 30.3 Å². The second-order valence-corrected chi connectivity index (χ2v) is 8.50. The SMILES string of the molecule is C#C.[B]C([B])(CCCOc1ccc(C(F)(F)F)cn1)N(C)C(=O)c1nn2c(c1-c1ccccc1)COCC2. The van der Waals surface area contributed by atoms with E-state index in [0.717, 1.165) is 23.4 Å². The zero-order valence-corrected chi connectivity index (χ0v) is 20.8. The maximum atomic E-state index is 13.5. The first-order valence-electron chi connectivity index (χ1n) is 11.7. The van der Waals surface area contributed by atoms with Crippen LogP contribution in [0.4, 0.5) is 13.2 Å². The van der Waals surface area contributed by atoms with Crippen LogP contribution in [-0.2, 0) is 24.1 Å². The highest BCUT2D eigenvalue weighted by molar-refractivity contribution is 6.41. The molecule has 0 saturated heterocycles. The van der Waals surface area contributed by atoms with Crippen molar-refractivity contribution in [3.8, 4) is 29.9 Å². The van der Waals surface area contributed by atoms with Crippen LogP contribution < -0.4 is 4.74 Å². The average molecular weight is 520 g/mol. The largest absolute Gasteiger partial charge is 0.478 e. The number of carbonyl (C=O) groups is 1. The average Bonchev–Trinajstić information content (AvgIpc) is 3.31. The molecule has 0 saturated carbocycles. The number of nitrogens with zero attached hydrogens (tertiary/aromatic N) is 4. The predicted octanol–water partition coefficient (Wildman–Crippen LogP) is 3.67. The van der Waals surface area contributed by atoms with E-state index < -0.39 is 23.0 Å². The predicted molar refractivity (Wildman–Crippen MR) is 138 cm³/mol. The van der Waals surface area contributed by atoms with E-state index in [1.54, 1.807) is 4.68 Å². The second-order valence-electron chi connectivity index (χ2n) is 8.50. The van der Waals surface area contributed by atoms with Gasteiger partial charge in [-0.05, 0) is 29.8 Å². The van der Waals surface area contributed by atoms with Crippen molar-refractivity contribution >= 4 is 21.6 Å². The number of hydrogen-bond donors (Lipinski definition) is 0. The number of halogens is 3. The molecule has 1 amide bonds. The van der Waals surface area contributed by atoms with Gasteiger partial charge in [-0.15, -0.1) is 12.8 Å². The molecule has 0 N–H and O–H groups in total. The quantitative estimate of drug-likeness (QED) is 0.258. The minimum absolute atomic E-state index is 0.0467. The first-order valence-corrected chi connectivity index (χ1v) is 11.7. The summed E-state index contributed by atoms with van der Waals surface area (Å²) in [5, 5.41) is 3.02. The summed E-state index contributed by atoms with van der Waals surface area (Å²) >= 11 is 0. The van der Waals surface area contributed by atoms with E-state index in [2.05, 4.69) is 22.9 Å². The van der Waals surface area contributed by atoms with Crippen LogP contribution in [0, 0.1) is 12.8 Å². The highest BCUT2D eigenvalue weighted by atomic mass is 19.4. The Kier molecular flexibility index (Phi) is 9.28. The van der Waals surface area contributed by atoms with Crippen molar-refractivity contribution in [3.63, 3.8) is 0 Å². The van der Waals surface area contributed by atoms with Gasteiger partial charge in [-0.2, -0.15) is 18.3 Å². The molecule has 3 aromatic rings. The number of benzene rings is 1. The fourth-order valence-electron chi connectivity index (χ4n) is 3.89. The third kappa shape index (κ3) is 6.58. The van der Waals surface area contributed by atoms with Gasteiger partial charge in [0.25, 0.3) is 5.91 Å². The molecular formula is C26H25B2F3N4O3. The van der Waals surface area contributed by atoms with Crippen LogP contribution >= 0.6 is 0 Å². The molecule has 7 nitrogen and oxygen atoms in total. The number of pyridine rings is 1. The fourth-order valence-corrected chi connectivity index (χ4v) is 3.89. The molecular weight excluding hydrogens is 495 g/mol.